The van der Waals surface area contributed by atoms with E-state index in [1.807, 2.05) is 0 Å². The molecule has 0 bridgehead atoms. The summed E-state index contributed by atoms with van der Waals surface area (Å²) in [5, 5.41) is 2.25. The highest BCUT2D eigenvalue weighted by Gasteiger charge is 2.35. The molecule has 4 nitrogen and oxygen atoms in total. The predicted molar refractivity (Wildman–Crippen MR) is 49.6 cm³/mol. The Bertz CT molecular complexity index is 227. The molecule has 0 aromatic rings. The van der Waals surface area contributed by atoms with Crippen molar-refractivity contribution in [3.63, 3.8) is 0 Å². The van der Waals surface area contributed by atoms with Crippen LogP contribution in [0.3, 0.4) is 0 Å². The molecule has 68 valence electrons. The first-order valence-corrected chi connectivity index (χ1v) is 8.48. The average molecular weight is 259 g/mol. The molecule has 0 aliphatic rings. The smallest absolute Gasteiger partial charge is 0.270 e. The molecular weight excluding hydrogens is 252 g/mol. The van der Waals surface area contributed by atoms with Gasteiger partial charge in [0.1, 0.15) is 0 Å². The molecule has 0 fully saturated rings. The first-order valence-electron chi connectivity index (χ1n) is 2.44. The summed E-state index contributed by atoms with van der Waals surface area (Å²) in [6.45, 7) is -3.36. The van der Waals surface area contributed by atoms with Crippen LogP contribution in [0.5, 0.6) is 0 Å². The van der Waals surface area contributed by atoms with Gasteiger partial charge in [0.25, 0.3) is 0 Å². The van der Waals surface area contributed by atoms with Gasteiger partial charge in [-0.3, -0.25) is 9.13 Å². The van der Waals surface area contributed by atoms with Gasteiger partial charge in [-0.2, -0.15) is 4.44 Å². The zero-order chi connectivity index (χ0) is 9.28. The Morgan fingerprint density at radius 3 is 1.73 bits per heavy atom. The van der Waals surface area contributed by atoms with E-state index < -0.39 is 12.8 Å². The number of rotatable bonds is 3. The van der Waals surface area contributed by atoms with Crippen LogP contribution in [0.2, 0.25) is 0 Å². The van der Waals surface area contributed by atoms with Gasteiger partial charge in [-0.1, -0.05) is 0 Å². The van der Waals surface area contributed by atoms with Crippen LogP contribution in [0, 0.1) is 0 Å². The van der Waals surface area contributed by atoms with Crippen LogP contribution in [-0.4, -0.2) is 18.5 Å². The monoisotopic (exact) mass is 258 g/mol. The maximum Gasteiger partial charge on any atom is 0.329 e. The highest BCUT2D eigenvalue weighted by Crippen LogP contribution is 2.71. The lowest BCUT2D eigenvalue weighted by atomic mass is 11.6. The van der Waals surface area contributed by atoms with E-state index in [4.69, 9.17) is 33.7 Å². The van der Waals surface area contributed by atoms with Crippen molar-refractivity contribution in [1.82, 2.24) is 9.53 Å². The normalized spacial score (nSPS) is 18.4. The lowest BCUT2D eigenvalue weighted by Crippen LogP contribution is -2.12. The van der Waals surface area contributed by atoms with Crippen molar-refractivity contribution in [2.75, 3.05) is 14.1 Å². The van der Waals surface area contributed by atoms with Crippen LogP contribution < -0.4 is 5.09 Å². The van der Waals surface area contributed by atoms with Crippen molar-refractivity contribution in [1.29, 1.82) is 0 Å². The second-order valence-electron chi connectivity index (χ2n) is 1.65. The average Bonchev–Trinajstić information content (AvgIpc) is 1.84. The summed E-state index contributed by atoms with van der Waals surface area (Å²) in [5.74, 6) is -3.57. The van der Waals surface area contributed by atoms with Crippen LogP contribution >= 0.6 is 46.5 Å². The molecule has 1 unspecified atom stereocenters. The molecule has 0 heterocycles. The van der Waals surface area contributed by atoms with Gasteiger partial charge in [0.2, 0.25) is 0 Å². The van der Waals surface area contributed by atoms with Gasteiger partial charge >= 0.3 is 12.8 Å². The van der Waals surface area contributed by atoms with Crippen molar-refractivity contribution < 1.29 is 9.13 Å². The maximum absolute atomic E-state index is 11.2. The fraction of sp³-hybridized carbons (Fsp3) is 1.00. The molecule has 1 atom stereocenters. The minimum absolute atomic E-state index is 0.727. The summed E-state index contributed by atoms with van der Waals surface area (Å²) in [7, 11) is 2.57. The van der Waals surface area contributed by atoms with E-state index in [0.29, 0.717) is 0 Å². The molecule has 0 aliphatic heterocycles. The number of hydrogen-bond donors (Lipinski definition) is 1. The molecule has 0 radical (unpaired) electrons. The van der Waals surface area contributed by atoms with Gasteiger partial charge in [0.05, 0.1) is 0 Å². The fourth-order valence-electron chi connectivity index (χ4n) is 0.279. The molecule has 9 heteroatoms. The minimum atomic E-state index is -3.57. The molecule has 0 spiro atoms. The summed E-state index contributed by atoms with van der Waals surface area (Å²) >= 11 is 15.8. The van der Waals surface area contributed by atoms with Gasteiger partial charge in [0.15, 0.2) is 0 Å². The molecule has 0 amide bonds. The second kappa shape index (κ2) is 3.97. The summed E-state index contributed by atoms with van der Waals surface area (Å²) in [5.41, 5.74) is 0. The summed E-state index contributed by atoms with van der Waals surface area (Å²) in [4.78, 5) is 0. The van der Waals surface area contributed by atoms with Crippen molar-refractivity contribution >= 4 is 46.5 Å². The zero-order valence-electron chi connectivity index (χ0n) is 5.79. The van der Waals surface area contributed by atoms with Crippen molar-refractivity contribution in [3.8, 4) is 0 Å². The van der Waals surface area contributed by atoms with Crippen molar-refractivity contribution in [3.05, 3.63) is 0 Å². The lowest BCUT2D eigenvalue weighted by Gasteiger charge is -2.21. The molecule has 0 rings (SSSR count). The van der Waals surface area contributed by atoms with Crippen LogP contribution in [0.15, 0.2) is 0 Å². The summed E-state index contributed by atoms with van der Waals surface area (Å²) < 4.78 is 22.8. The summed E-state index contributed by atoms with van der Waals surface area (Å²) in [6.07, 6.45) is 0. The Hall–Kier alpha value is 1.25. The third kappa shape index (κ3) is 3.65. The Balaban J connectivity index is 4.64. The SMILES string of the molecule is CNP(=O)(Cl)N(C)P(=O)(Cl)Cl. The van der Waals surface area contributed by atoms with E-state index in [9.17, 15) is 9.13 Å². The molecular formula is C2H7Cl3N2O2P2. The van der Waals surface area contributed by atoms with Gasteiger partial charge in [-0.15, -0.1) is 0 Å². The number of hydrogen-bond acceptors (Lipinski definition) is 2. The Labute approximate surface area is 79.4 Å². The second-order valence-corrected chi connectivity index (χ2v) is 10.1. The number of nitrogens with one attached hydrogen (secondary N) is 1. The third-order valence-electron chi connectivity index (χ3n) is 0.985. The van der Waals surface area contributed by atoms with Crippen LogP contribution in [0.4, 0.5) is 0 Å². The zero-order valence-corrected chi connectivity index (χ0v) is 9.85. The van der Waals surface area contributed by atoms with E-state index in [1.165, 1.54) is 14.1 Å². The minimum Gasteiger partial charge on any atom is -0.270 e. The molecule has 0 aliphatic carbocycles. The highest BCUT2D eigenvalue weighted by atomic mass is 35.9. The molecule has 0 saturated carbocycles. The van der Waals surface area contributed by atoms with Gasteiger partial charge < -0.3 is 0 Å². The first-order chi connectivity index (χ1) is 4.72. The van der Waals surface area contributed by atoms with E-state index in [2.05, 4.69) is 5.09 Å². The standard InChI is InChI=1S/C2H7Cl3N2O2P2/c1-6-11(5,9)7(2)10(3,4)8/h1-2H3,(H,6,9). The Morgan fingerprint density at radius 1 is 1.27 bits per heavy atom. The molecule has 0 aromatic carbocycles. The molecule has 11 heavy (non-hydrogen) atoms. The van der Waals surface area contributed by atoms with Crippen LogP contribution in [-0.2, 0) is 9.13 Å². The Morgan fingerprint density at radius 2 is 1.64 bits per heavy atom. The van der Waals surface area contributed by atoms with Crippen molar-refractivity contribution in [2.24, 2.45) is 0 Å². The van der Waals surface area contributed by atoms with Crippen LogP contribution in [0.1, 0.15) is 0 Å². The fourth-order valence-corrected chi connectivity index (χ4v) is 5.10. The van der Waals surface area contributed by atoms with Crippen molar-refractivity contribution in [2.45, 2.75) is 0 Å². The van der Waals surface area contributed by atoms with Gasteiger partial charge in [0, 0.05) is 7.05 Å². The quantitative estimate of drug-likeness (QED) is 0.791. The molecule has 1 N–H and O–H groups in total. The summed E-state index contributed by atoms with van der Waals surface area (Å²) in [6, 6.07) is 0. The van der Waals surface area contributed by atoms with Gasteiger partial charge in [-0.25, -0.2) is 5.09 Å². The van der Waals surface area contributed by atoms with Gasteiger partial charge in [-0.05, 0) is 40.8 Å². The van der Waals surface area contributed by atoms with E-state index in [-0.39, 0.29) is 0 Å². The Kier molecular flexibility index (Phi) is 4.42. The topological polar surface area (TPSA) is 49.4 Å². The third-order valence-corrected chi connectivity index (χ3v) is 7.96. The predicted octanol–water partition coefficient (Wildman–Crippen LogP) is 3.07. The highest BCUT2D eigenvalue weighted by molar-refractivity contribution is 8.12. The van der Waals surface area contributed by atoms with E-state index in [1.54, 1.807) is 0 Å². The molecule has 0 aromatic heterocycles. The van der Waals surface area contributed by atoms with Crippen LogP contribution in [0.25, 0.3) is 0 Å². The van der Waals surface area contributed by atoms with E-state index in [0.717, 1.165) is 4.44 Å². The molecule has 0 saturated heterocycles. The number of halogens is 3. The number of nitrogens with zero attached hydrogens (tertiary/aromatic N) is 1. The first kappa shape index (κ1) is 12.2. The largest absolute Gasteiger partial charge is 0.329 e. The lowest BCUT2D eigenvalue weighted by molar-refractivity contribution is 0.536. The maximum atomic E-state index is 11.2. The van der Waals surface area contributed by atoms with E-state index >= 15 is 0 Å².